The molecule has 206 valence electrons. The number of carboxylic acid groups (broad SMARTS) is 2. The molecule has 0 aliphatic heterocycles. The summed E-state index contributed by atoms with van der Waals surface area (Å²) < 4.78 is 0. The van der Waals surface area contributed by atoms with E-state index < -0.39 is 72.6 Å². The van der Waals surface area contributed by atoms with Crippen LogP contribution in [0.2, 0.25) is 0 Å². The second-order valence-electron chi connectivity index (χ2n) is 8.65. The number of aliphatic carboxylic acids is 2. The molecule has 1 aromatic heterocycles. The standard InChI is InChI=1S/C22H35N7O8/c1-3-11(2)18(24)21(35)29-15(8-12-9-25-10-26-12)20(34)27-13(4-6-16(23)30)19(33)28-14(22(36)37)5-7-17(31)32/h9-11,13-15,18H,3-8,24H2,1-2H3,(H2,23,30)(H,25,26)(H,27,34)(H,28,33)(H,29,35)(H,31,32)(H,36,37). The van der Waals surface area contributed by atoms with Gasteiger partial charge in [0, 0.05) is 31.2 Å². The van der Waals surface area contributed by atoms with E-state index in [2.05, 4.69) is 25.9 Å². The van der Waals surface area contributed by atoms with E-state index in [9.17, 15) is 33.9 Å². The lowest BCUT2D eigenvalue weighted by Gasteiger charge is -2.26. The largest absolute Gasteiger partial charge is 0.481 e. The van der Waals surface area contributed by atoms with Crippen molar-refractivity contribution in [1.82, 2.24) is 25.9 Å². The predicted molar refractivity (Wildman–Crippen MR) is 128 cm³/mol. The summed E-state index contributed by atoms with van der Waals surface area (Å²) in [5.74, 6) is -6.04. The lowest BCUT2D eigenvalue weighted by molar-refractivity contribution is -0.143. The Balaban J connectivity index is 3.09. The Kier molecular flexibility index (Phi) is 12.7. The van der Waals surface area contributed by atoms with Crippen molar-refractivity contribution in [1.29, 1.82) is 0 Å². The molecule has 0 aliphatic carbocycles. The zero-order chi connectivity index (χ0) is 28.1. The quantitative estimate of drug-likeness (QED) is 0.111. The highest BCUT2D eigenvalue weighted by molar-refractivity contribution is 5.94. The lowest BCUT2D eigenvalue weighted by atomic mass is 9.98. The third-order valence-electron chi connectivity index (χ3n) is 5.75. The number of carboxylic acids is 2. The summed E-state index contributed by atoms with van der Waals surface area (Å²) in [6, 6.07) is -5.06. The Labute approximate surface area is 213 Å². The molecule has 1 aromatic rings. The number of carbonyl (C=O) groups excluding carboxylic acids is 4. The fourth-order valence-corrected chi connectivity index (χ4v) is 3.23. The van der Waals surface area contributed by atoms with Crippen LogP contribution >= 0.6 is 0 Å². The van der Waals surface area contributed by atoms with Crippen molar-refractivity contribution in [2.75, 3.05) is 0 Å². The Hall–Kier alpha value is -4.01. The summed E-state index contributed by atoms with van der Waals surface area (Å²) in [6.45, 7) is 3.64. The molecule has 1 heterocycles. The van der Waals surface area contributed by atoms with E-state index in [0.717, 1.165) is 0 Å². The van der Waals surface area contributed by atoms with Crippen molar-refractivity contribution in [2.45, 2.75) is 76.5 Å². The number of nitrogens with two attached hydrogens (primary N) is 2. The second kappa shape index (κ2) is 15.2. The van der Waals surface area contributed by atoms with Crippen molar-refractivity contribution in [2.24, 2.45) is 17.4 Å². The van der Waals surface area contributed by atoms with Gasteiger partial charge in [-0.05, 0) is 18.8 Å². The van der Waals surface area contributed by atoms with E-state index in [0.29, 0.717) is 12.1 Å². The van der Waals surface area contributed by atoms with E-state index >= 15 is 0 Å². The summed E-state index contributed by atoms with van der Waals surface area (Å²) in [4.78, 5) is 79.0. The normalized spacial score (nSPS) is 14.9. The molecule has 37 heavy (non-hydrogen) atoms. The number of amides is 4. The molecule has 1 rings (SSSR count). The number of hydrogen-bond acceptors (Lipinski definition) is 8. The number of nitrogens with zero attached hydrogens (tertiary/aromatic N) is 1. The molecule has 0 fully saturated rings. The molecule has 4 amide bonds. The van der Waals surface area contributed by atoms with Crippen molar-refractivity contribution in [3.05, 3.63) is 18.2 Å². The zero-order valence-corrected chi connectivity index (χ0v) is 20.7. The van der Waals surface area contributed by atoms with Gasteiger partial charge in [-0.2, -0.15) is 0 Å². The molecule has 10 N–H and O–H groups in total. The minimum absolute atomic E-state index is 0.0364. The molecular formula is C22H35N7O8. The van der Waals surface area contributed by atoms with Crippen LogP contribution in [0, 0.1) is 5.92 Å². The monoisotopic (exact) mass is 525 g/mol. The number of H-pyrrole nitrogens is 1. The molecular weight excluding hydrogens is 490 g/mol. The highest BCUT2D eigenvalue weighted by Crippen LogP contribution is 2.08. The van der Waals surface area contributed by atoms with Gasteiger partial charge in [-0.15, -0.1) is 0 Å². The number of nitrogens with one attached hydrogen (secondary N) is 4. The topological polar surface area (TPSA) is 260 Å². The SMILES string of the molecule is CCC(C)C(N)C(=O)NC(Cc1cnc[nH]1)C(=O)NC(CCC(N)=O)C(=O)NC(CCC(=O)O)C(=O)O. The van der Waals surface area contributed by atoms with Gasteiger partial charge in [0.1, 0.15) is 18.1 Å². The maximum absolute atomic E-state index is 13.2. The molecule has 5 unspecified atom stereocenters. The molecule has 0 radical (unpaired) electrons. The number of carbonyl (C=O) groups is 6. The number of rotatable bonds is 17. The summed E-state index contributed by atoms with van der Waals surface area (Å²) in [5, 5.41) is 25.3. The maximum Gasteiger partial charge on any atom is 0.326 e. The van der Waals surface area contributed by atoms with Crippen LogP contribution < -0.4 is 27.4 Å². The summed E-state index contributed by atoms with van der Waals surface area (Å²) >= 11 is 0. The van der Waals surface area contributed by atoms with Crippen LogP contribution in [0.3, 0.4) is 0 Å². The maximum atomic E-state index is 13.2. The minimum atomic E-state index is -1.55. The van der Waals surface area contributed by atoms with Gasteiger partial charge in [0.15, 0.2) is 0 Å². The van der Waals surface area contributed by atoms with Crippen LogP contribution in [0.15, 0.2) is 12.5 Å². The van der Waals surface area contributed by atoms with E-state index in [-0.39, 0.29) is 25.2 Å². The van der Waals surface area contributed by atoms with Gasteiger partial charge in [-0.1, -0.05) is 20.3 Å². The number of aromatic nitrogens is 2. The molecule has 0 bridgehead atoms. The minimum Gasteiger partial charge on any atom is -0.481 e. The van der Waals surface area contributed by atoms with Gasteiger partial charge in [0.25, 0.3) is 0 Å². The molecule has 15 nitrogen and oxygen atoms in total. The Morgan fingerprint density at radius 1 is 0.946 bits per heavy atom. The molecule has 0 aliphatic rings. The lowest BCUT2D eigenvalue weighted by Crippen LogP contribution is -2.58. The third-order valence-corrected chi connectivity index (χ3v) is 5.75. The average molecular weight is 526 g/mol. The first-order valence-corrected chi connectivity index (χ1v) is 11.7. The molecule has 0 spiro atoms. The van der Waals surface area contributed by atoms with E-state index in [4.69, 9.17) is 16.6 Å². The fourth-order valence-electron chi connectivity index (χ4n) is 3.23. The van der Waals surface area contributed by atoms with Crippen LogP contribution in [0.4, 0.5) is 0 Å². The van der Waals surface area contributed by atoms with Crippen LogP contribution in [0.1, 0.15) is 51.6 Å². The van der Waals surface area contributed by atoms with Crippen molar-refractivity contribution < 1.29 is 39.0 Å². The smallest absolute Gasteiger partial charge is 0.326 e. The first kappa shape index (κ1) is 31.0. The van der Waals surface area contributed by atoms with Crippen LogP contribution in [-0.4, -0.2) is 79.9 Å². The molecule has 0 saturated heterocycles. The molecule has 5 atom stereocenters. The van der Waals surface area contributed by atoms with E-state index in [1.165, 1.54) is 12.5 Å². The molecule has 0 saturated carbocycles. The second-order valence-corrected chi connectivity index (χ2v) is 8.65. The van der Waals surface area contributed by atoms with E-state index in [1.54, 1.807) is 6.92 Å². The van der Waals surface area contributed by atoms with Crippen molar-refractivity contribution in [3.8, 4) is 0 Å². The number of primary amides is 1. The number of aromatic amines is 1. The Morgan fingerprint density at radius 2 is 1.51 bits per heavy atom. The Bertz CT molecular complexity index is 953. The van der Waals surface area contributed by atoms with Crippen molar-refractivity contribution in [3.63, 3.8) is 0 Å². The number of hydrogen-bond donors (Lipinski definition) is 8. The van der Waals surface area contributed by atoms with Crippen LogP contribution in [0.25, 0.3) is 0 Å². The third kappa shape index (κ3) is 11.1. The fraction of sp³-hybridized carbons (Fsp3) is 0.591. The molecule has 15 heteroatoms. The first-order valence-electron chi connectivity index (χ1n) is 11.7. The van der Waals surface area contributed by atoms with Gasteiger partial charge in [-0.3, -0.25) is 24.0 Å². The highest BCUT2D eigenvalue weighted by atomic mass is 16.4. The van der Waals surface area contributed by atoms with Crippen LogP contribution in [0.5, 0.6) is 0 Å². The van der Waals surface area contributed by atoms with Crippen LogP contribution in [-0.2, 0) is 35.2 Å². The predicted octanol–water partition coefficient (Wildman–Crippen LogP) is -2.01. The Morgan fingerprint density at radius 3 is 2.03 bits per heavy atom. The van der Waals surface area contributed by atoms with Gasteiger partial charge in [-0.25, -0.2) is 9.78 Å². The first-order chi connectivity index (χ1) is 17.3. The zero-order valence-electron chi connectivity index (χ0n) is 20.7. The van der Waals surface area contributed by atoms with Gasteiger partial charge < -0.3 is 42.6 Å². The van der Waals surface area contributed by atoms with Gasteiger partial charge in [0.05, 0.1) is 12.4 Å². The summed E-state index contributed by atoms with van der Waals surface area (Å²) in [6.07, 6.45) is 1.89. The number of imidazole rings is 1. The van der Waals surface area contributed by atoms with E-state index in [1.807, 2.05) is 6.92 Å². The summed E-state index contributed by atoms with van der Waals surface area (Å²) in [7, 11) is 0. The molecule has 0 aromatic carbocycles. The summed E-state index contributed by atoms with van der Waals surface area (Å²) in [5.41, 5.74) is 11.6. The average Bonchev–Trinajstić information content (AvgIpc) is 3.35. The van der Waals surface area contributed by atoms with Gasteiger partial charge in [0.2, 0.25) is 23.6 Å². The van der Waals surface area contributed by atoms with Crippen molar-refractivity contribution >= 4 is 35.6 Å². The van der Waals surface area contributed by atoms with Gasteiger partial charge >= 0.3 is 11.9 Å². The highest BCUT2D eigenvalue weighted by Gasteiger charge is 2.31.